The number of hydrogen-bond donors (Lipinski definition) is 1. The highest BCUT2D eigenvalue weighted by Gasteiger charge is 2.15. The van der Waals surface area contributed by atoms with Crippen LogP contribution in [0.25, 0.3) is 0 Å². The molecular weight excluding hydrogens is 252 g/mol. The molecule has 1 atom stereocenters. The third-order valence-corrected chi connectivity index (χ3v) is 3.94. The van der Waals surface area contributed by atoms with Crippen molar-refractivity contribution in [3.8, 4) is 0 Å². The monoisotopic (exact) mass is 267 g/mol. The number of rotatable bonds is 4. The molecule has 1 aromatic carbocycles. The summed E-state index contributed by atoms with van der Waals surface area (Å²) >= 11 is 1.63. The van der Waals surface area contributed by atoms with Crippen molar-refractivity contribution >= 4 is 11.3 Å². The highest BCUT2D eigenvalue weighted by molar-refractivity contribution is 7.08. The SMILES string of the molecule is CNC(Cc1ccc(F)cc1F)c1cscc1C. The number of halogens is 2. The van der Waals surface area contributed by atoms with Gasteiger partial charge in [-0.2, -0.15) is 11.3 Å². The molecular formula is C14H15F2NS. The summed E-state index contributed by atoms with van der Waals surface area (Å²) in [6, 6.07) is 3.79. The summed E-state index contributed by atoms with van der Waals surface area (Å²) < 4.78 is 26.5. The van der Waals surface area contributed by atoms with E-state index in [1.54, 1.807) is 11.3 Å². The molecule has 1 heterocycles. The van der Waals surface area contributed by atoms with E-state index in [0.717, 1.165) is 6.07 Å². The zero-order valence-electron chi connectivity index (χ0n) is 10.3. The average molecular weight is 267 g/mol. The van der Waals surface area contributed by atoms with Crippen LogP contribution in [0.1, 0.15) is 22.7 Å². The molecule has 0 bridgehead atoms. The van der Waals surface area contributed by atoms with Crippen LogP contribution in [0.5, 0.6) is 0 Å². The molecule has 1 aromatic heterocycles. The molecule has 0 aliphatic heterocycles. The Hall–Kier alpha value is -1.26. The van der Waals surface area contributed by atoms with Gasteiger partial charge < -0.3 is 5.32 Å². The Labute approximate surface area is 109 Å². The second-order valence-electron chi connectivity index (χ2n) is 4.29. The Kier molecular flexibility index (Phi) is 4.09. The lowest BCUT2D eigenvalue weighted by Gasteiger charge is -2.17. The molecule has 4 heteroatoms. The Bertz CT molecular complexity index is 536. The van der Waals surface area contributed by atoms with Crippen molar-refractivity contribution in [3.05, 3.63) is 57.3 Å². The summed E-state index contributed by atoms with van der Waals surface area (Å²) in [4.78, 5) is 0. The molecule has 96 valence electrons. The maximum Gasteiger partial charge on any atom is 0.129 e. The molecule has 1 nitrogen and oxygen atoms in total. The average Bonchev–Trinajstić information content (AvgIpc) is 2.75. The highest BCUT2D eigenvalue weighted by Crippen LogP contribution is 2.25. The molecule has 0 saturated heterocycles. The van der Waals surface area contributed by atoms with Gasteiger partial charge in [0.15, 0.2) is 0 Å². The Balaban J connectivity index is 2.23. The molecule has 0 aliphatic rings. The largest absolute Gasteiger partial charge is 0.313 e. The number of aryl methyl sites for hydroxylation is 1. The third-order valence-electron chi connectivity index (χ3n) is 3.06. The van der Waals surface area contributed by atoms with E-state index in [2.05, 4.69) is 16.1 Å². The third kappa shape index (κ3) is 2.76. The van der Waals surface area contributed by atoms with Crippen LogP contribution < -0.4 is 5.32 Å². The second-order valence-corrected chi connectivity index (χ2v) is 5.03. The van der Waals surface area contributed by atoms with Gasteiger partial charge in [0.2, 0.25) is 0 Å². The van der Waals surface area contributed by atoms with Crippen LogP contribution in [0.2, 0.25) is 0 Å². The Morgan fingerprint density at radius 3 is 2.61 bits per heavy atom. The molecule has 0 saturated carbocycles. The summed E-state index contributed by atoms with van der Waals surface area (Å²) in [5.41, 5.74) is 2.90. The van der Waals surface area contributed by atoms with Gasteiger partial charge in [-0.1, -0.05) is 6.07 Å². The maximum atomic E-state index is 13.6. The van der Waals surface area contributed by atoms with Crippen LogP contribution in [-0.4, -0.2) is 7.05 Å². The van der Waals surface area contributed by atoms with Crippen molar-refractivity contribution in [1.29, 1.82) is 0 Å². The van der Waals surface area contributed by atoms with E-state index >= 15 is 0 Å². The van der Waals surface area contributed by atoms with Gasteiger partial charge in [-0.15, -0.1) is 0 Å². The van der Waals surface area contributed by atoms with Crippen molar-refractivity contribution in [1.82, 2.24) is 5.32 Å². The molecule has 0 amide bonds. The van der Waals surface area contributed by atoms with Crippen LogP contribution in [0.4, 0.5) is 8.78 Å². The Morgan fingerprint density at radius 2 is 2.06 bits per heavy atom. The fraction of sp³-hybridized carbons (Fsp3) is 0.286. The molecule has 2 rings (SSSR count). The quantitative estimate of drug-likeness (QED) is 0.887. The summed E-state index contributed by atoms with van der Waals surface area (Å²) in [5, 5.41) is 7.32. The molecule has 0 aliphatic carbocycles. The summed E-state index contributed by atoms with van der Waals surface area (Å²) in [5.74, 6) is -1.02. The first-order valence-corrected chi connectivity index (χ1v) is 6.70. The van der Waals surface area contributed by atoms with Crippen LogP contribution in [0.3, 0.4) is 0 Å². The normalized spacial score (nSPS) is 12.7. The first-order valence-electron chi connectivity index (χ1n) is 5.75. The van der Waals surface area contributed by atoms with Gasteiger partial charge in [0.1, 0.15) is 11.6 Å². The van der Waals surface area contributed by atoms with Crippen molar-refractivity contribution in [2.75, 3.05) is 7.05 Å². The van der Waals surface area contributed by atoms with Crippen molar-refractivity contribution in [2.24, 2.45) is 0 Å². The summed E-state index contributed by atoms with van der Waals surface area (Å²) in [6.45, 7) is 2.04. The van der Waals surface area contributed by atoms with Gasteiger partial charge in [-0.05, 0) is 53.9 Å². The predicted octanol–water partition coefficient (Wildman–Crippen LogP) is 3.84. The van der Waals surface area contributed by atoms with Crippen molar-refractivity contribution in [3.63, 3.8) is 0 Å². The summed E-state index contributed by atoms with van der Waals surface area (Å²) in [6.07, 6.45) is 0.514. The van der Waals surface area contributed by atoms with Gasteiger partial charge in [0.05, 0.1) is 0 Å². The van der Waals surface area contributed by atoms with Gasteiger partial charge in [0.25, 0.3) is 0 Å². The molecule has 0 radical (unpaired) electrons. The van der Waals surface area contributed by atoms with Crippen molar-refractivity contribution in [2.45, 2.75) is 19.4 Å². The number of thiophene rings is 1. The second kappa shape index (κ2) is 5.59. The van der Waals surface area contributed by atoms with E-state index in [1.807, 2.05) is 14.0 Å². The van der Waals surface area contributed by atoms with E-state index in [4.69, 9.17) is 0 Å². The minimum Gasteiger partial charge on any atom is -0.313 e. The number of hydrogen-bond acceptors (Lipinski definition) is 2. The van der Waals surface area contributed by atoms with Crippen LogP contribution in [0, 0.1) is 18.6 Å². The zero-order chi connectivity index (χ0) is 13.1. The standard InChI is InChI=1S/C14H15F2NS/c1-9-7-18-8-12(9)14(17-2)5-10-3-4-11(15)6-13(10)16/h3-4,6-8,14,17H,5H2,1-2H3. The highest BCUT2D eigenvalue weighted by atomic mass is 32.1. The van der Waals surface area contributed by atoms with Gasteiger partial charge in [-0.3, -0.25) is 0 Å². The molecule has 0 fully saturated rings. The fourth-order valence-corrected chi connectivity index (χ4v) is 2.91. The van der Waals surface area contributed by atoms with E-state index in [0.29, 0.717) is 12.0 Å². The van der Waals surface area contributed by atoms with Gasteiger partial charge >= 0.3 is 0 Å². The first-order chi connectivity index (χ1) is 8.61. The van der Waals surface area contributed by atoms with E-state index in [1.165, 1.54) is 23.3 Å². The van der Waals surface area contributed by atoms with E-state index < -0.39 is 11.6 Å². The Morgan fingerprint density at radius 1 is 1.28 bits per heavy atom. The minimum absolute atomic E-state index is 0.0520. The van der Waals surface area contributed by atoms with Crippen molar-refractivity contribution < 1.29 is 8.78 Å². The molecule has 2 aromatic rings. The van der Waals surface area contributed by atoms with E-state index in [-0.39, 0.29) is 6.04 Å². The molecule has 1 unspecified atom stereocenters. The predicted molar refractivity (Wildman–Crippen MR) is 70.9 cm³/mol. The molecule has 18 heavy (non-hydrogen) atoms. The topological polar surface area (TPSA) is 12.0 Å². The minimum atomic E-state index is -0.538. The fourth-order valence-electron chi connectivity index (χ4n) is 2.00. The summed E-state index contributed by atoms with van der Waals surface area (Å²) in [7, 11) is 1.85. The molecule has 1 N–H and O–H groups in total. The number of likely N-dealkylation sites (N-methyl/N-ethyl adjacent to an activating group) is 1. The first kappa shape index (κ1) is 13.2. The lowest BCUT2D eigenvalue weighted by atomic mass is 9.98. The smallest absolute Gasteiger partial charge is 0.129 e. The lowest BCUT2D eigenvalue weighted by molar-refractivity contribution is 0.540. The number of benzene rings is 1. The van der Waals surface area contributed by atoms with Crippen LogP contribution in [0.15, 0.2) is 29.0 Å². The van der Waals surface area contributed by atoms with Crippen LogP contribution in [-0.2, 0) is 6.42 Å². The van der Waals surface area contributed by atoms with Crippen LogP contribution >= 0.6 is 11.3 Å². The molecule has 0 spiro atoms. The maximum absolute atomic E-state index is 13.6. The van der Waals surface area contributed by atoms with Gasteiger partial charge in [0, 0.05) is 12.1 Å². The zero-order valence-corrected chi connectivity index (χ0v) is 11.2. The lowest BCUT2D eigenvalue weighted by Crippen LogP contribution is -2.19. The van der Waals surface area contributed by atoms with E-state index in [9.17, 15) is 8.78 Å². The van der Waals surface area contributed by atoms with Gasteiger partial charge in [-0.25, -0.2) is 8.78 Å². The number of nitrogens with one attached hydrogen (secondary N) is 1.